The molecule has 0 heterocycles. The van der Waals surface area contributed by atoms with Crippen molar-refractivity contribution in [3.63, 3.8) is 0 Å². The van der Waals surface area contributed by atoms with Gasteiger partial charge in [-0.25, -0.2) is 4.57 Å². The van der Waals surface area contributed by atoms with Gasteiger partial charge < -0.3 is 19.8 Å². The molecular formula is C69H140N2O6P+. The molecule has 466 valence electrons. The zero-order valence-corrected chi connectivity index (χ0v) is 54.3. The first-order valence-corrected chi connectivity index (χ1v) is 36.5. The van der Waals surface area contributed by atoms with Gasteiger partial charge in [0.25, 0.3) is 0 Å². The van der Waals surface area contributed by atoms with Crippen molar-refractivity contribution < 1.29 is 32.9 Å². The maximum atomic E-state index is 13.1. The van der Waals surface area contributed by atoms with Crippen molar-refractivity contribution in [2.75, 3.05) is 40.9 Å². The van der Waals surface area contributed by atoms with Gasteiger partial charge in [0.1, 0.15) is 13.2 Å². The summed E-state index contributed by atoms with van der Waals surface area (Å²) in [6.45, 7) is 4.95. The zero-order valence-electron chi connectivity index (χ0n) is 53.5. The largest absolute Gasteiger partial charge is 0.472 e. The summed E-state index contributed by atoms with van der Waals surface area (Å²) in [5.41, 5.74) is 0. The highest BCUT2D eigenvalue weighted by Gasteiger charge is 2.28. The molecule has 0 radical (unpaired) electrons. The molecule has 0 bridgehead atoms. The van der Waals surface area contributed by atoms with E-state index in [0.717, 1.165) is 38.5 Å². The summed E-state index contributed by atoms with van der Waals surface area (Å²) in [6.07, 6.45) is 77.5. The van der Waals surface area contributed by atoms with Gasteiger partial charge in [0, 0.05) is 6.42 Å². The van der Waals surface area contributed by atoms with Crippen molar-refractivity contribution in [3.8, 4) is 0 Å². The topological polar surface area (TPSA) is 105 Å². The average molecular weight is 1120 g/mol. The smallest absolute Gasteiger partial charge is 0.391 e. The lowest BCUT2D eigenvalue weighted by atomic mass is 10.0. The van der Waals surface area contributed by atoms with E-state index in [4.69, 9.17) is 9.05 Å². The number of amides is 1. The van der Waals surface area contributed by atoms with Crippen LogP contribution in [-0.4, -0.2) is 73.4 Å². The van der Waals surface area contributed by atoms with Crippen LogP contribution >= 0.6 is 7.82 Å². The number of carbonyl (C=O) groups is 1. The summed E-state index contributed by atoms with van der Waals surface area (Å²) in [5.74, 6) is -0.137. The molecule has 78 heavy (non-hydrogen) atoms. The quantitative estimate of drug-likeness (QED) is 0.0243. The van der Waals surface area contributed by atoms with Crippen LogP contribution in [0, 0.1) is 0 Å². The highest BCUT2D eigenvalue weighted by molar-refractivity contribution is 7.47. The Bertz CT molecular complexity index is 1280. The van der Waals surface area contributed by atoms with E-state index in [1.807, 2.05) is 21.1 Å². The van der Waals surface area contributed by atoms with E-state index >= 15 is 0 Å². The fraction of sp³-hybridized carbons (Fsp3) is 0.957. The maximum absolute atomic E-state index is 13.1. The Hall–Kier alpha value is -0.760. The number of hydrogen-bond donors (Lipinski definition) is 3. The Labute approximate surface area is 488 Å². The lowest BCUT2D eigenvalue weighted by Crippen LogP contribution is -2.46. The van der Waals surface area contributed by atoms with Crippen molar-refractivity contribution >= 4 is 13.7 Å². The van der Waals surface area contributed by atoms with Gasteiger partial charge in [-0.2, -0.15) is 0 Å². The Morgan fingerprint density at radius 2 is 0.692 bits per heavy atom. The maximum Gasteiger partial charge on any atom is 0.472 e. The SMILES string of the molecule is CCCCCCCCCC/C=C\CCCCCCCCCCCCCC(=O)NC(COP(=O)(O)OCC[N+](C)(C)C)C(O)CCCCCCCCCCCCCCCCCCCCCCCCCCCCCCCCCCC. The predicted octanol–water partition coefficient (Wildman–Crippen LogP) is 22.1. The number of hydrogen-bond acceptors (Lipinski definition) is 5. The normalized spacial score (nSPS) is 13.7. The molecule has 0 saturated carbocycles. The van der Waals surface area contributed by atoms with Crippen LogP contribution in [0.5, 0.6) is 0 Å². The van der Waals surface area contributed by atoms with Crippen LogP contribution in [-0.2, 0) is 18.4 Å². The van der Waals surface area contributed by atoms with Gasteiger partial charge in [-0.15, -0.1) is 0 Å². The number of carbonyl (C=O) groups excluding carboxylic acids is 1. The lowest BCUT2D eigenvalue weighted by Gasteiger charge is -2.26. The number of unbranched alkanes of at least 4 members (excludes halogenated alkanes) is 51. The monoisotopic (exact) mass is 1120 g/mol. The molecule has 0 aromatic carbocycles. The summed E-state index contributed by atoms with van der Waals surface area (Å²) < 4.78 is 23.9. The van der Waals surface area contributed by atoms with Gasteiger partial charge in [-0.1, -0.05) is 341 Å². The minimum Gasteiger partial charge on any atom is -0.391 e. The molecule has 0 aliphatic carbocycles. The Morgan fingerprint density at radius 3 is 0.987 bits per heavy atom. The van der Waals surface area contributed by atoms with Crippen LogP contribution in [0.25, 0.3) is 0 Å². The number of nitrogens with zero attached hydrogens (tertiary/aromatic N) is 1. The minimum atomic E-state index is -4.33. The molecule has 0 aromatic heterocycles. The standard InChI is InChI=1S/C69H139N2O6P/c1-6-8-10-12-14-16-18-20-22-24-26-28-30-31-32-33-34-35-36-37-38-39-41-42-44-46-48-50-52-54-56-58-60-62-68(72)67(66-77-78(74,75)76-65-64-71(3,4)5)70-69(73)63-61-59-57-55-53-51-49-47-45-43-40-29-27-25-23-21-19-17-15-13-11-9-7-2/h25,27,67-68,72H,6-24,26,28-66H2,1-5H3,(H-,70,73,74,75)/p+1/b27-25-. The highest BCUT2D eigenvalue weighted by Crippen LogP contribution is 2.43. The number of phosphoric ester groups is 1. The third-order valence-corrected chi connectivity index (χ3v) is 17.5. The summed E-state index contributed by atoms with van der Waals surface area (Å²) >= 11 is 0. The summed E-state index contributed by atoms with van der Waals surface area (Å²) in [6, 6.07) is -0.760. The number of allylic oxidation sites excluding steroid dienone is 2. The molecule has 0 rings (SSSR count). The second-order valence-corrected chi connectivity index (χ2v) is 27.1. The molecule has 0 spiro atoms. The Balaban J connectivity index is 3.98. The molecule has 0 aliphatic heterocycles. The number of nitrogens with one attached hydrogen (secondary N) is 1. The average Bonchev–Trinajstić information content (AvgIpc) is 3.41. The third kappa shape index (κ3) is 62.8. The van der Waals surface area contributed by atoms with E-state index in [-0.39, 0.29) is 19.1 Å². The third-order valence-electron chi connectivity index (χ3n) is 16.5. The second kappa shape index (κ2) is 60.8. The molecule has 0 aromatic rings. The van der Waals surface area contributed by atoms with Crippen LogP contribution in [0.2, 0.25) is 0 Å². The molecule has 0 fully saturated rings. The van der Waals surface area contributed by atoms with Crippen LogP contribution in [0.15, 0.2) is 12.2 Å². The molecule has 3 atom stereocenters. The van der Waals surface area contributed by atoms with E-state index in [1.54, 1.807) is 0 Å². The highest BCUT2D eigenvalue weighted by atomic mass is 31.2. The summed E-state index contributed by atoms with van der Waals surface area (Å²) in [4.78, 5) is 23.4. The van der Waals surface area contributed by atoms with E-state index in [1.165, 1.54) is 308 Å². The molecule has 8 nitrogen and oxygen atoms in total. The predicted molar refractivity (Wildman–Crippen MR) is 342 cm³/mol. The lowest BCUT2D eigenvalue weighted by molar-refractivity contribution is -0.870. The fourth-order valence-electron chi connectivity index (χ4n) is 11.0. The number of likely N-dealkylation sites (N-methyl/N-ethyl adjacent to an activating group) is 1. The van der Waals surface area contributed by atoms with E-state index in [2.05, 4.69) is 31.3 Å². The van der Waals surface area contributed by atoms with Gasteiger partial charge in [-0.3, -0.25) is 13.8 Å². The Morgan fingerprint density at radius 1 is 0.423 bits per heavy atom. The summed E-state index contributed by atoms with van der Waals surface area (Å²) in [5, 5.41) is 14.2. The van der Waals surface area contributed by atoms with Gasteiger partial charge in [0.05, 0.1) is 39.9 Å². The van der Waals surface area contributed by atoms with Crippen molar-refractivity contribution in [2.24, 2.45) is 0 Å². The first-order chi connectivity index (χ1) is 38.0. The van der Waals surface area contributed by atoms with Crippen LogP contribution in [0.4, 0.5) is 0 Å². The van der Waals surface area contributed by atoms with Crippen molar-refractivity contribution in [3.05, 3.63) is 12.2 Å². The molecule has 3 unspecified atom stereocenters. The van der Waals surface area contributed by atoms with Gasteiger partial charge in [-0.05, 0) is 38.5 Å². The van der Waals surface area contributed by atoms with Crippen LogP contribution < -0.4 is 5.32 Å². The van der Waals surface area contributed by atoms with Crippen molar-refractivity contribution in [1.82, 2.24) is 5.32 Å². The number of rotatable bonds is 66. The number of aliphatic hydroxyl groups is 1. The van der Waals surface area contributed by atoms with Crippen molar-refractivity contribution in [1.29, 1.82) is 0 Å². The molecule has 3 N–H and O–H groups in total. The Kier molecular flexibility index (Phi) is 60.2. The van der Waals surface area contributed by atoms with Gasteiger partial charge >= 0.3 is 7.82 Å². The zero-order chi connectivity index (χ0) is 57.0. The first kappa shape index (κ1) is 77.2. The second-order valence-electron chi connectivity index (χ2n) is 25.6. The number of aliphatic hydroxyl groups excluding tert-OH is 1. The van der Waals surface area contributed by atoms with Crippen LogP contribution in [0.1, 0.15) is 373 Å². The van der Waals surface area contributed by atoms with Gasteiger partial charge in [0.2, 0.25) is 5.91 Å². The number of quaternary nitrogens is 1. The minimum absolute atomic E-state index is 0.0775. The molecule has 1 amide bonds. The number of phosphoric acid groups is 1. The first-order valence-electron chi connectivity index (χ1n) is 35.1. The van der Waals surface area contributed by atoms with Crippen LogP contribution in [0.3, 0.4) is 0 Å². The summed E-state index contributed by atoms with van der Waals surface area (Å²) in [7, 11) is 1.64. The molecule has 0 aliphatic rings. The molecule has 9 heteroatoms. The van der Waals surface area contributed by atoms with Gasteiger partial charge in [0.15, 0.2) is 0 Å². The van der Waals surface area contributed by atoms with E-state index in [0.29, 0.717) is 23.9 Å². The molecule has 0 saturated heterocycles. The van der Waals surface area contributed by atoms with E-state index < -0.39 is 20.0 Å². The fourth-order valence-corrected chi connectivity index (χ4v) is 11.8. The molecular weight excluding hydrogens is 984 g/mol. The van der Waals surface area contributed by atoms with E-state index in [9.17, 15) is 19.4 Å². The van der Waals surface area contributed by atoms with Crippen molar-refractivity contribution in [2.45, 2.75) is 386 Å².